The fraction of sp³-hybridized carbons (Fsp3) is 0.259. The van der Waals surface area contributed by atoms with Crippen molar-refractivity contribution in [2.45, 2.75) is 38.3 Å². The van der Waals surface area contributed by atoms with Crippen molar-refractivity contribution in [1.82, 2.24) is 0 Å². The number of amides is 3. The van der Waals surface area contributed by atoms with Gasteiger partial charge in [-0.15, -0.1) is 0 Å². The molecule has 2 bridgehead atoms. The summed E-state index contributed by atoms with van der Waals surface area (Å²) in [6.07, 6.45) is 4.14. The number of nitrogens with zero attached hydrogens (tertiary/aromatic N) is 2. The average Bonchev–Trinajstić information content (AvgIpc) is 2.89. The number of nitrogens with two attached hydrogens (primary N) is 1. The fourth-order valence-electron chi connectivity index (χ4n) is 4.89. The first-order valence-electron chi connectivity index (χ1n) is 11.8. The van der Waals surface area contributed by atoms with Crippen LogP contribution in [0.2, 0.25) is 0 Å². The number of carbonyl (C=O) groups is 2. The molecule has 7 nitrogen and oxygen atoms in total. The molecule has 3 aromatic rings. The molecule has 1 aliphatic carbocycles. The molecule has 2 heterocycles. The van der Waals surface area contributed by atoms with Gasteiger partial charge in [0.25, 0.3) is 0 Å². The van der Waals surface area contributed by atoms with E-state index in [-0.39, 0.29) is 17.9 Å². The van der Waals surface area contributed by atoms with Gasteiger partial charge < -0.3 is 16.0 Å². The highest BCUT2D eigenvalue weighted by molar-refractivity contribution is 6.03. The zero-order valence-electron chi connectivity index (χ0n) is 19.0. The minimum absolute atomic E-state index is 0.160. The van der Waals surface area contributed by atoms with Gasteiger partial charge in [-0.05, 0) is 79.8 Å². The minimum Gasteiger partial charge on any atom is -0.326 e. The van der Waals surface area contributed by atoms with E-state index in [4.69, 9.17) is 5.73 Å². The summed E-state index contributed by atoms with van der Waals surface area (Å²) < 4.78 is 0. The number of piperidine rings is 2. The van der Waals surface area contributed by atoms with Crippen LogP contribution in [0.1, 0.15) is 31.2 Å². The molecule has 0 unspecified atom stereocenters. The highest BCUT2D eigenvalue weighted by Gasteiger charge is 2.40. The molecule has 0 aromatic heterocycles. The zero-order chi connectivity index (χ0) is 23.5. The fourth-order valence-corrected chi connectivity index (χ4v) is 4.89. The molecule has 6 rings (SSSR count). The first-order chi connectivity index (χ1) is 16.6. The van der Waals surface area contributed by atoms with Crippen LogP contribution in [0.5, 0.6) is 0 Å². The maximum absolute atomic E-state index is 13.3. The van der Waals surface area contributed by atoms with Crippen LogP contribution in [-0.2, 0) is 11.3 Å². The third kappa shape index (κ3) is 4.47. The number of hydrogen-bond donors (Lipinski definition) is 3. The lowest BCUT2D eigenvalue weighted by Crippen LogP contribution is -2.52. The Hall–Kier alpha value is -3.84. The third-order valence-electron chi connectivity index (χ3n) is 6.67. The van der Waals surface area contributed by atoms with Gasteiger partial charge in [-0.1, -0.05) is 30.3 Å². The second-order valence-corrected chi connectivity index (χ2v) is 8.88. The predicted molar refractivity (Wildman–Crippen MR) is 136 cm³/mol. The van der Waals surface area contributed by atoms with Crippen molar-refractivity contribution in [3.63, 3.8) is 0 Å². The van der Waals surface area contributed by atoms with E-state index in [9.17, 15) is 9.59 Å². The van der Waals surface area contributed by atoms with E-state index in [0.717, 1.165) is 42.6 Å². The predicted octanol–water partition coefficient (Wildman–Crippen LogP) is 5.12. The molecule has 7 heteroatoms. The summed E-state index contributed by atoms with van der Waals surface area (Å²) >= 11 is 0. The van der Waals surface area contributed by atoms with Crippen molar-refractivity contribution in [3.05, 3.63) is 84.4 Å². The largest absolute Gasteiger partial charge is 0.345 e. The summed E-state index contributed by atoms with van der Waals surface area (Å²) in [4.78, 5) is 28.0. The lowest BCUT2D eigenvalue weighted by atomic mass is 9.79. The Morgan fingerprint density at radius 2 is 1.65 bits per heavy atom. The van der Waals surface area contributed by atoms with Gasteiger partial charge in [-0.3, -0.25) is 10.2 Å². The molecule has 3 aliphatic rings. The number of rotatable bonds is 6. The first-order valence-corrected chi connectivity index (χ1v) is 11.8. The topological polar surface area (TPSA) is 90.7 Å². The van der Waals surface area contributed by atoms with Crippen LogP contribution in [0, 0.1) is 5.92 Å². The Labute approximate surface area is 199 Å². The van der Waals surface area contributed by atoms with Crippen LogP contribution in [0.25, 0.3) is 0 Å². The lowest BCUT2D eigenvalue weighted by molar-refractivity contribution is -0.126. The normalized spacial score (nSPS) is 19.1. The van der Waals surface area contributed by atoms with E-state index < -0.39 is 0 Å². The molecule has 3 amide bonds. The Bertz CT molecular complexity index is 1160. The molecule has 3 fully saturated rings. The highest BCUT2D eigenvalue weighted by Crippen LogP contribution is 2.39. The molecule has 2 aliphatic heterocycles. The quantitative estimate of drug-likeness (QED) is 0.450. The number of benzene rings is 3. The summed E-state index contributed by atoms with van der Waals surface area (Å²) in [6, 6.07) is 24.5. The van der Waals surface area contributed by atoms with Crippen LogP contribution >= 0.6 is 0 Å². The van der Waals surface area contributed by atoms with Gasteiger partial charge in [0.15, 0.2) is 0 Å². The lowest BCUT2D eigenvalue weighted by Gasteiger charge is -2.44. The number of hydrogen-bond acceptors (Lipinski definition) is 4. The molecule has 174 valence electrons. The molecular weight excluding hydrogens is 426 g/mol. The Kier molecular flexibility index (Phi) is 6.18. The molecule has 0 atom stereocenters. The van der Waals surface area contributed by atoms with Crippen LogP contribution < -0.4 is 26.4 Å². The van der Waals surface area contributed by atoms with E-state index in [1.807, 2.05) is 83.8 Å². The number of para-hydroxylation sites is 1. The summed E-state index contributed by atoms with van der Waals surface area (Å²) in [5.41, 5.74) is 12.9. The zero-order valence-corrected chi connectivity index (χ0v) is 19.0. The van der Waals surface area contributed by atoms with E-state index in [1.165, 1.54) is 5.01 Å². The molecule has 0 radical (unpaired) electrons. The van der Waals surface area contributed by atoms with Crippen LogP contribution in [0.4, 0.5) is 27.5 Å². The van der Waals surface area contributed by atoms with Gasteiger partial charge >= 0.3 is 6.03 Å². The molecule has 34 heavy (non-hydrogen) atoms. The van der Waals surface area contributed by atoms with E-state index in [1.54, 1.807) is 0 Å². The Morgan fingerprint density at radius 3 is 2.32 bits per heavy atom. The summed E-state index contributed by atoms with van der Waals surface area (Å²) in [5, 5.41) is 4.43. The van der Waals surface area contributed by atoms with Crippen molar-refractivity contribution < 1.29 is 9.59 Å². The number of fused-ring (bicyclic) bond motifs is 3. The van der Waals surface area contributed by atoms with Crippen molar-refractivity contribution in [1.29, 1.82) is 0 Å². The second-order valence-electron chi connectivity index (χ2n) is 8.88. The smallest absolute Gasteiger partial charge is 0.326 e. The molecule has 3 aromatic carbocycles. The van der Waals surface area contributed by atoms with E-state index in [0.29, 0.717) is 24.0 Å². The molecule has 0 spiro atoms. The standard InChI is InChI=1S/C27H29N5O2/c28-18-19-5-4-6-22(17-19)30-32(25-7-2-1-3-8-25)27(34)29-21-11-15-24(16-12-21)31-23-13-9-20(10-14-23)26(31)33/h1-8,11-12,15-17,20,23,30H,9-10,13-14,18,28H2,(H,29,34). The molecule has 1 saturated carbocycles. The maximum atomic E-state index is 13.3. The summed E-state index contributed by atoms with van der Waals surface area (Å²) in [5.74, 6) is 0.395. The highest BCUT2D eigenvalue weighted by atomic mass is 16.2. The Morgan fingerprint density at radius 1 is 0.912 bits per heavy atom. The maximum Gasteiger partial charge on any atom is 0.345 e. The van der Waals surface area contributed by atoms with Crippen LogP contribution in [-0.4, -0.2) is 18.0 Å². The van der Waals surface area contributed by atoms with Crippen LogP contribution in [0.3, 0.4) is 0 Å². The van der Waals surface area contributed by atoms with Gasteiger partial charge in [-0.25, -0.2) is 9.80 Å². The van der Waals surface area contributed by atoms with Crippen molar-refractivity contribution in [2.75, 3.05) is 20.7 Å². The van der Waals surface area contributed by atoms with Crippen molar-refractivity contribution in [2.24, 2.45) is 11.7 Å². The first kappa shape index (κ1) is 22.0. The molecule has 4 N–H and O–H groups in total. The molecular formula is C27H29N5O2. The van der Waals surface area contributed by atoms with Crippen molar-refractivity contribution in [3.8, 4) is 0 Å². The number of nitrogens with one attached hydrogen (secondary N) is 2. The van der Waals surface area contributed by atoms with E-state index in [2.05, 4.69) is 10.7 Å². The number of anilines is 4. The number of hydrazine groups is 1. The van der Waals surface area contributed by atoms with Gasteiger partial charge in [-0.2, -0.15) is 0 Å². The van der Waals surface area contributed by atoms with Crippen molar-refractivity contribution >= 4 is 34.7 Å². The number of urea groups is 1. The van der Waals surface area contributed by atoms with E-state index >= 15 is 0 Å². The SMILES string of the molecule is NCc1cccc(NN(C(=O)Nc2ccc(N3C(=O)C4CCC3CC4)cc2)c2ccccc2)c1. The minimum atomic E-state index is -0.329. The number of carbonyl (C=O) groups excluding carboxylic acids is 2. The van der Waals surface area contributed by atoms with Gasteiger partial charge in [0.2, 0.25) is 5.91 Å². The van der Waals surface area contributed by atoms with Gasteiger partial charge in [0.1, 0.15) is 0 Å². The average molecular weight is 456 g/mol. The van der Waals surface area contributed by atoms with Gasteiger partial charge in [0, 0.05) is 29.9 Å². The van der Waals surface area contributed by atoms with Gasteiger partial charge in [0.05, 0.1) is 11.4 Å². The summed E-state index contributed by atoms with van der Waals surface area (Å²) in [7, 11) is 0. The molecule has 2 saturated heterocycles. The Balaban J connectivity index is 1.33. The summed E-state index contributed by atoms with van der Waals surface area (Å²) in [6.45, 7) is 0.417. The van der Waals surface area contributed by atoms with Crippen LogP contribution in [0.15, 0.2) is 78.9 Å². The third-order valence-corrected chi connectivity index (χ3v) is 6.67. The second kappa shape index (κ2) is 9.57. The monoisotopic (exact) mass is 455 g/mol.